The van der Waals surface area contributed by atoms with Crippen molar-refractivity contribution in [1.82, 2.24) is 0 Å². The largest absolute Gasteiger partial charge is 0.365 e. The lowest BCUT2D eigenvalue weighted by Crippen LogP contribution is -2.57. The normalized spacial score (nSPS) is 11.1. The van der Waals surface area contributed by atoms with Crippen molar-refractivity contribution in [1.29, 1.82) is 0 Å². The SMILES string of the molecule is C=C(c1ccccc1)N(c1ccccc1)[Si](C)(C)c1ccccc1. The van der Waals surface area contributed by atoms with E-state index in [-0.39, 0.29) is 0 Å². The van der Waals surface area contributed by atoms with Crippen molar-refractivity contribution in [2.24, 2.45) is 0 Å². The zero-order valence-electron chi connectivity index (χ0n) is 14.3. The summed E-state index contributed by atoms with van der Waals surface area (Å²) in [6.07, 6.45) is 0. The van der Waals surface area contributed by atoms with Gasteiger partial charge in [-0.3, -0.25) is 0 Å². The lowest BCUT2D eigenvalue weighted by atomic mass is 10.1. The smallest absolute Gasteiger partial charge is 0.187 e. The molecule has 0 saturated heterocycles. The van der Waals surface area contributed by atoms with Gasteiger partial charge in [-0.1, -0.05) is 85.4 Å². The maximum absolute atomic E-state index is 4.45. The van der Waals surface area contributed by atoms with Gasteiger partial charge in [0.2, 0.25) is 0 Å². The minimum atomic E-state index is -1.96. The third-order valence-corrected chi connectivity index (χ3v) is 7.82. The van der Waals surface area contributed by atoms with Crippen LogP contribution >= 0.6 is 0 Å². The monoisotopic (exact) mass is 329 g/mol. The summed E-state index contributed by atoms with van der Waals surface area (Å²) >= 11 is 0. The molecule has 0 fully saturated rings. The minimum absolute atomic E-state index is 1.06. The average Bonchev–Trinajstić information content (AvgIpc) is 2.64. The molecule has 3 aromatic carbocycles. The Labute approximate surface area is 146 Å². The third kappa shape index (κ3) is 3.19. The second-order valence-corrected chi connectivity index (χ2v) is 10.6. The van der Waals surface area contributed by atoms with Gasteiger partial charge in [-0.2, -0.15) is 0 Å². The fourth-order valence-electron chi connectivity index (χ4n) is 3.13. The van der Waals surface area contributed by atoms with E-state index in [9.17, 15) is 0 Å². The topological polar surface area (TPSA) is 3.24 Å². The maximum atomic E-state index is 4.45. The Balaban J connectivity index is 2.11. The highest BCUT2D eigenvalue weighted by Crippen LogP contribution is 2.30. The molecule has 1 nitrogen and oxygen atoms in total. The van der Waals surface area contributed by atoms with Crippen LogP contribution in [0.2, 0.25) is 13.1 Å². The van der Waals surface area contributed by atoms with E-state index >= 15 is 0 Å². The number of rotatable bonds is 5. The molecule has 0 atom stereocenters. The molecule has 0 amide bonds. The zero-order valence-corrected chi connectivity index (χ0v) is 15.3. The molecule has 0 radical (unpaired) electrons. The Hall–Kier alpha value is -2.58. The van der Waals surface area contributed by atoms with Gasteiger partial charge in [0, 0.05) is 11.4 Å². The van der Waals surface area contributed by atoms with E-state index in [2.05, 4.69) is 109 Å². The third-order valence-electron chi connectivity index (χ3n) is 4.43. The van der Waals surface area contributed by atoms with Gasteiger partial charge in [0.25, 0.3) is 0 Å². The molecule has 3 aromatic rings. The fraction of sp³-hybridized carbons (Fsp3) is 0.0909. The molecule has 24 heavy (non-hydrogen) atoms. The minimum Gasteiger partial charge on any atom is -0.365 e. The lowest BCUT2D eigenvalue weighted by molar-refractivity contribution is 1.34. The van der Waals surface area contributed by atoms with Gasteiger partial charge in [-0.15, -0.1) is 0 Å². The van der Waals surface area contributed by atoms with Crippen LogP contribution in [-0.4, -0.2) is 8.24 Å². The molecule has 120 valence electrons. The van der Waals surface area contributed by atoms with E-state index in [0.717, 1.165) is 11.3 Å². The van der Waals surface area contributed by atoms with Crippen LogP contribution in [0.25, 0.3) is 5.70 Å². The van der Waals surface area contributed by atoms with Crippen molar-refractivity contribution < 1.29 is 0 Å². The summed E-state index contributed by atoms with van der Waals surface area (Å²) in [5.41, 5.74) is 3.42. The summed E-state index contributed by atoms with van der Waals surface area (Å²) in [4.78, 5) is 0. The number of anilines is 1. The number of nitrogens with zero attached hydrogens (tertiary/aromatic N) is 1. The first-order valence-corrected chi connectivity index (χ1v) is 11.2. The molecule has 0 aliphatic heterocycles. The number of benzene rings is 3. The summed E-state index contributed by atoms with van der Waals surface area (Å²) < 4.78 is 2.46. The highest BCUT2D eigenvalue weighted by atomic mass is 28.3. The van der Waals surface area contributed by atoms with Crippen molar-refractivity contribution in [2.75, 3.05) is 4.57 Å². The molecule has 2 heteroatoms. The van der Waals surface area contributed by atoms with Crippen LogP contribution in [0.15, 0.2) is 97.6 Å². The lowest BCUT2D eigenvalue weighted by Gasteiger charge is -2.40. The summed E-state index contributed by atoms with van der Waals surface area (Å²) in [7, 11) is -1.96. The Morgan fingerprint density at radius 3 is 1.71 bits per heavy atom. The van der Waals surface area contributed by atoms with Gasteiger partial charge in [-0.25, -0.2) is 0 Å². The summed E-state index contributed by atoms with van der Waals surface area (Å²) in [5.74, 6) is 0. The Bertz CT molecular complexity index is 795. The number of para-hydroxylation sites is 1. The van der Waals surface area contributed by atoms with Crippen LogP contribution in [0.1, 0.15) is 5.56 Å². The summed E-state index contributed by atoms with van der Waals surface area (Å²) in [6.45, 7) is 9.21. The quantitative estimate of drug-likeness (QED) is 0.576. The van der Waals surface area contributed by atoms with Crippen LogP contribution in [0.5, 0.6) is 0 Å². The van der Waals surface area contributed by atoms with E-state index in [1.807, 2.05) is 6.07 Å². The van der Waals surface area contributed by atoms with Gasteiger partial charge < -0.3 is 4.57 Å². The standard InChI is InChI=1S/C22H23NSi/c1-19(20-13-7-4-8-14-20)23(21-15-9-5-10-16-21)24(2,3)22-17-11-6-12-18-22/h4-18H,1H2,2-3H3. The molecule has 0 aliphatic carbocycles. The molecule has 0 bridgehead atoms. The summed E-state index contributed by atoms with van der Waals surface area (Å²) in [6, 6.07) is 31.8. The highest BCUT2D eigenvalue weighted by Gasteiger charge is 2.34. The summed E-state index contributed by atoms with van der Waals surface area (Å²) in [5, 5.41) is 1.39. The van der Waals surface area contributed by atoms with Crippen molar-refractivity contribution in [2.45, 2.75) is 13.1 Å². The van der Waals surface area contributed by atoms with Crippen molar-refractivity contribution >= 4 is 24.8 Å². The van der Waals surface area contributed by atoms with Crippen molar-refractivity contribution in [3.05, 3.63) is 103 Å². The number of hydrogen-bond acceptors (Lipinski definition) is 1. The molecule has 0 heterocycles. The average molecular weight is 330 g/mol. The van der Waals surface area contributed by atoms with E-state index in [1.54, 1.807) is 0 Å². The molecule has 0 unspecified atom stereocenters. The van der Waals surface area contributed by atoms with E-state index in [1.165, 1.54) is 10.9 Å². The van der Waals surface area contributed by atoms with Gasteiger partial charge in [0.05, 0.1) is 0 Å². The molecule has 0 spiro atoms. The van der Waals surface area contributed by atoms with Crippen LogP contribution < -0.4 is 9.75 Å². The molecular weight excluding hydrogens is 306 g/mol. The van der Waals surface area contributed by atoms with E-state index in [0.29, 0.717) is 0 Å². The van der Waals surface area contributed by atoms with Crippen LogP contribution in [0.4, 0.5) is 5.69 Å². The second-order valence-electron chi connectivity index (χ2n) is 6.41. The van der Waals surface area contributed by atoms with Crippen molar-refractivity contribution in [3.63, 3.8) is 0 Å². The van der Waals surface area contributed by atoms with Gasteiger partial charge in [-0.05, 0) is 36.0 Å². The van der Waals surface area contributed by atoms with Crippen LogP contribution in [0, 0.1) is 0 Å². The Morgan fingerprint density at radius 2 is 1.17 bits per heavy atom. The molecule has 3 rings (SSSR count). The van der Waals surface area contributed by atoms with E-state index in [4.69, 9.17) is 0 Å². The van der Waals surface area contributed by atoms with Crippen LogP contribution in [0.3, 0.4) is 0 Å². The first kappa shape index (κ1) is 16.3. The van der Waals surface area contributed by atoms with Gasteiger partial charge in [0.15, 0.2) is 8.24 Å². The highest BCUT2D eigenvalue weighted by molar-refractivity contribution is 6.94. The van der Waals surface area contributed by atoms with Crippen molar-refractivity contribution in [3.8, 4) is 0 Å². The molecular formula is C22H23NSi. The van der Waals surface area contributed by atoms with E-state index < -0.39 is 8.24 Å². The molecule has 0 saturated carbocycles. The Kier molecular flexibility index (Phi) is 4.68. The van der Waals surface area contributed by atoms with Gasteiger partial charge in [0.1, 0.15) is 0 Å². The van der Waals surface area contributed by atoms with Crippen LogP contribution in [-0.2, 0) is 0 Å². The predicted molar refractivity (Wildman–Crippen MR) is 108 cm³/mol. The Morgan fingerprint density at radius 1 is 0.708 bits per heavy atom. The fourth-order valence-corrected chi connectivity index (χ4v) is 5.99. The number of hydrogen-bond donors (Lipinski definition) is 0. The first-order chi connectivity index (χ1) is 11.6. The maximum Gasteiger partial charge on any atom is 0.187 e. The molecule has 0 aliphatic rings. The predicted octanol–water partition coefficient (Wildman–Crippen LogP) is 5.28. The van der Waals surface area contributed by atoms with Gasteiger partial charge >= 0.3 is 0 Å². The molecule has 0 aromatic heterocycles. The second kappa shape index (κ2) is 6.89. The molecule has 0 N–H and O–H groups in total. The first-order valence-electron chi connectivity index (χ1n) is 8.26. The zero-order chi connectivity index (χ0) is 17.0.